The smallest absolute Gasteiger partial charge is 0.335 e. The first-order valence-electron chi connectivity index (χ1n) is 18.0. The molecule has 0 bridgehead atoms. The Hall–Kier alpha value is -4.78. The van der Waals surface area contributed by atoms with E-state index in [1.807, 2.05) is 79.7 Å². The summed E-state index contributed by atoms with van der Waals surface area (Å²) in [4.78, 5) is 13.1. The number of sulfone groups is 1. The highest BCUT2D eigenvalue weighted by Gasteiger charge is 2.34. The summed E-state index contributed by atoms with van der Waals surface area (Å²) in [6.07, 6.45) is -0.545. The molecule has 0 radical (unpaired) electrons. The van der Waals surface area contributed by atoms with Crippen LogP contribution in [0.5, 0.6) is 28.7 Å². The van der Waals surface area contributed by atoms with Crippen LogP contribution >= 0.6 is 0 Å². The summed E-state index contributed by atoms with van der Waals surface area (Å²) in [6, 6.07) is 26.1. The average Bonchev–Trinajstić information content (AvgIpc) is 3.68. The van der Waals surface area contributed by atoms with Crippen molar-refractivity contribution < 1.29 is 51.1 Å². The Morgan fingerprint density at radius 1 is 0.759 bits per heavy atom. The topological polar surface area (TPSA) is 125 Å². The Morgan fingerprint density at radius 3 is 1.89 bits per heavy atom. The van der Waals surface area contributed by atoms with E-state index in [2.05, 4.69) is 0 Å². The Labute approximate surface area is 318 Å². The van der Waals surface area contributed by atoms with Crippen molar-refractivity contribution in [1.82, 2.24) is 0 Å². The zero-order valence-corrected chi connectivity index (χ0v) is 32.6. The molecule has 1 aliphatic heterocycles. The molecule has 0 aromatic heterocycles. The van der Waals surface area contributed by atoms with Gasteiger partial charge in [-0.05, 0) is 72.7 Å². The molecule has 1 heterocycles. The van der Waals surface area contributed by atoms with E-state index in [1.165, 1.54) is 7.11 Å². The standard InChI is InChI=1S/C42H50O11S/c1-7-20-50-41-37(51-26-30-16-12-9-13-17-30)24-32(34-19-18-33(53-34)31-22-35(46-3)40(49-6)36(23-31)47-4)25-39(41)54(44,45)27-28(2)52-42(43)38(48-5)21-29-14-10-8-11-15-29/h8-17,22-25,28,33-34,38H,7,18-21,26-27H2,1-6H3/t28-,33-,34-,38+/m0/s1. The molecule has 4 aromatic rings. The monoisotopic (exact) mass is 762 g/mol. The zero-order chi connectivity index (χ0) is 38.7. The third kappa shape index (κ3) is 10.0. The lowest BCUT2D eigenvalue weighted by molar-refractivity contribution is -0.159. The molecule has 54 heavy (non-hydrogen) atoms. The summed E-state index contributed by atoms with van der Waals surface area (Å²) in [6.45, 7) is 3.92. The van der Waals surface area contributed by atoms with Crippen LogP contribution < -0.4 is 23.7 Å². The highest BCUT2D eigenvalue weighted by molar-refractivity contribution is 7.91. The second-order valence-electron chi connectivity index (χ2n) is 13.1. The van der Waals surface area contributed by atoms with Crippen molar-refractivity contribution in [3.05, 3.63) is 107 Å². The SMILES string of the molecule is CCCOc1c(OCc2ccccc2)cc([C@@H]2CC[C@@H](c3cc(OC)c(OC)c(OC)c3)O2)cc1S(=O)(=O)C[C@H](C)OC(=O)[C@@H](Cc1ccccc1)OC. The quantitative estimate of drug-likeness (QED) is 0.0876. The highest BCUT2D eigenvalue weighted by Crippen LogP contribution is 2.48. The molecule has 4 atom stereocenters. The molecular formula is C42H50O11S. The lowest BCUT2D eigenvalue weighted by Gasteiger charge is -2.22. The van der Waals surface area contributed by atoms with Crippen molar-refractivity contribution in [2.45, 2.75) is 75.4 Å². The number of methoxy groups -OCH3 is 4. The highest BCUT2D eigenvalue weighted by atomic mass is 32.2. The number of ether oxygens (including phenoxy) is 8. The van der Waals surface area contributed by atoms with Gasteiger partial charge >= 0.3 is 5.97 Å². The molecule has 290 valence electrons. The van der Waals surface area contributed by atoms with Crippen molar-refractivity contribution in [2.24, 2.45) is 0 Å². The van der Waals surface area contributed by atoms with Gasteiger partial charge in [0.05, 0.1) is 45.9 Å². The van der Waals surface area contributed by atoms with Crippen molar-refractivity contribution in [3.63, 3.8) is 0 Å². The molecule has 5 rings (SSSR count). The minimum atomic E-state index is -4.13. The molecule has 12 heteroatoms. The fourth-order valence-electron chi connectivity index (χ4n) is 6.42. The van der Waals surface area contributed by atoms with Gasteiger partial charge in [-0.25, -0.2) is 13.2 Å². The van der Waals surface area contributed by atoms with Gasteiger partial charge in [0.15, 0.2) is 38.9 Å². The third-order valence-corrected chi connectivity index (χ3v) is 11.0. The molecule has 0 aliphatic carbocycles. The first-order valence-corrected chi connectivity index (χ1v) is 19.7. The Balaban J connectivity index is 1.46. The van der Waals surface area contributed by atoms with E-state index in [0.717, 1.165) is 16.7 Å². The van der Waals surface area contributed by atoms with Crippen LogP contribution in [0.3, 0.4) is 0 Å². The summed E-state index contributed by atoms with van der Waals surface area (Å²) in [5.74, 6) is 0.725. The average molecular weight is 763 g/mol. The van der Waals surface area contributed by atoms with Crippen LogP contribution in [0.15, 0.2) is 89.8 Å². The molecular weight excluding hydrogens is 713 g/mol. The largest absolute Gasteiger partial charge is 0.493 e. The number of hydrogen-bond acceptors (Lipinski definition) is 11. The van der Waals surface area contributed by atoms with Gasteiger partial charge in [-0.1, -0.05) is 67.6 Å². The van der Waals surface area contributed by atoms with Crippen molar-refractivity contribution in [2.75, 3.05) is 40.8 Å². The van der Waals surface area contributed by atoms with E-state index in [4.69, 9.17) is 37.9 Å². The van der Waals surface area contributed by atoms with Crippen molar-refractivity contribution in [3.8, 4) is 28.7 Å². The number of carbonyl (C=O) groups excluding carboxylic acids is 1. The first-order chi connectivity index (χ1) is 26.1. The number of carbonyl (C=O) groups is 1. The van der Waals surface area contributed by atoms with Gasteiger partial charge in [0.1, 0.15) is 17.6 Å². The van der Waals surface area contributed by atoms with Gasteiger partial charge in [-0.15, -0.1) is 0 Å². The van der Waals surface area contributed by atoms with Crippen LogP contribution in [0.25, 0.3) is 0 Å². The second kappa shape index (κ2) is 19.0. The van der Waals surface area contributed by atoms with Gasteiger partial charge in [0.25, 0.3) is 0 Å². The van der Waals surface area contributed by atoms with Crippen LogP contribution in [-0.2, 0) is 41.9 Å². The van der Waals surface area contributed by atoms with E-state index in [1.54, 1.807) is 40.4 Å². The van der Waals surface area contributed by atoms with E-state index in [-0.39, 0.29) is 42.1 Å². The second-order valence-corrected chi connectivity index (χ2v) is 15.1. The van der Waals surface area contributed by atoms with Crippen LogP contribution in [0, 0.1) is 0 Å². The van der Waals surface area contributed by atoms with E-state index >= 15 is 0 Å². The molecule has 4 aromatic carbocycles. The van der Waals surface area contributed by atoms with Gasteiger partial charge < -0.3 is 37.9 Å². The molecule has 11 nitrogen and oxygen atoms in total. The van der Waals surface area contributed by atoms with Gasteiger partial charge in [-0.3, -0.25) is 0 Å². The Morgan fingerprint density at radius 2 is 1.33 bits per heavy atom. The minimum absolute atomic E-state index is 0.0631. The van der Waals surface area contributed by atoms with Crippen molar-refractivity contribution in [1.29, 1.82) is 0 Å². The lowest BCUT2D eigenvalue weighted by atomic mass is 10.0. The third-order valence-electron chi connectivity index (χ3n) is 9.10. The number of hydrogen-bond donors (Lipinski definition) is 0. The first kappa shape index (κ1) is 40.4. The summed E-state index contributed by atoms with van der Waals surface area (Å²) < 4.78 is 75.6. The molecule has 1 aliphatic rings. The predicted octanol–water partition coefficient (Wildman–Crippen LogP) is 7.64. The summed E-state index contributed by atoms with van der Waals surface area (Å²) in [5, 5.41) is 0. The zero-order valence-electron chi connectivity index (χ0n) is 31.7. The predicted molar refractivity (Wildman–Crippen MR) is 203 cm³/mol. The lowest BCUT2D eigenvalue weighted by Crippen LogP contribution is -2.33. The summed E-state index contributed by atoms with van der Waals surface area (Å²) in [7, 11) is 1.96. The molecule has 1 fully saturated rings. The van der Waals surface area contributed by atoms with E-state index in [9.17, 15) is 13.2 Å². The van der Waals surface area contributed by atoms with Crippen LogP contribution in [0.2, 0.25) is 0 Å². The summed E-state index contributed by atoms with van der Waals surface area (Å²) >= 11 is 0. The maximum absolute atomic E-state index is 14.4. The Kier molecular flexibility index (Phi) is 14.2. The summed E-state index contributed by atoms with van der Waals surface area (Å²) in [5.41, 5.74) is 3.24. The Bertz CT molecular complexity index is 1910. The molecule has 1 saturated heterocycles. The van der Waals surface area contributed by atoms with Crippen LogP contribution in [0.4, 0.5) is 0 Å². The normalized spacial score (nSPS) is 16.6. The van der Waals surface area contributed by atoms with Gasteiger partial charge in [-0.2, -0.15) is 0 Å². The van der Waals surface area contributed by atoms with Gasteiger partial charge in [0.2, 0.25) is 5.75 Å². The fraction of sp³-hybridized carbons (Fsp3) is 0.405. The fourth-order valence-corrected chi connectivity index (χ4v) is 8.04. The molecule has 0 saturated carbocycles. The van der Waals surface area contributed by atoms with E-state index in [0.29, 0.717) is 42.1 Å². The van der Waals surface area contributed by atoms with Crippen LogP contribution in [-0.4, -0.2) is 67.4 Å². The maximum atomic E-state index is 14.4. The minimum Gasteiger partial charge on any atom is -0.493 e. The number of benzene rings is 4. The van der Waals surface area contributed by atoms with Crippen molar-refractivity contribution >= 4 is 15.8 Å². The molecule has 0 N–H and O–H groups in total. The van der Waals surface area contributed by atoms with Gasteiger partial charge in [0, 0.05) is 13.5 Å². The van der Waals surface area contributed by atoms with Crippen LogP contribution in [0.1, 0.15) is 67.6 Å². The molecule has 0 unspecified atom stereocenters. The molecule has 0 spiro atoms. The number of rotatable bonds is 19. The van der Waals surface area contributed by atoms with E-state index < -0.39 is 39.9 Å². The molecule has 0 amide bonds. The maximum Gasteiger partial charge on any atom is 0.335 e. The number of esters is 1.